The van der Waals surface area contributed by atoms with Crippen molar-refractivity contribution in [2.24, 2.45) is 22.7 Å². The molecule has 7 rings (SSSR count). The number of aryl methyl sites for hydroxylation is 2. The summed E-state index contributed by atoms with van der Waals surface area (Å²) in [5.41, 5.74) is 6.68. The van der Waals surface area contributed by atoms with Crippen molar-refractivity contribution in [3.63, 3.8) is 0 Å². The van der Waals surface area contributed by atoms with Gasteiger partial charge in [0.2, 0.25) is 0 Å². The maximum Gasteiger partial charge on any atom is 0.338 e. The lowest BCUT2D eigenvalue weighted by atomic mass is 9.49. The third kappa shape index (κ3) is 9.15. The molecule has 64 heavy (non-hydrogen) atoms. The Bertz CT molecular complexity index is 2060. The molecule has 2 saturated carbocycles. The Morgan fingerprint density at radius 1 is 0.547 bits per heavy atom. The van der Waals surface area contributed by atoms with Gasteiger partial charge < -0.3 is 29.2 Å². The summed E-state index contributed by atoms with van der Waals surface area (Å²) < 4.78 is 22.1. The summed E-state index contributed by atoms with van der Waals surface area (Å²) in [6, 6.07) is 19.3. The highest BCUT2D eigenvalue weighted by molar-refractivity contribution is 5.93. The molecule has 2 fully saturated rings. The number of carbonyl (C=O) groups is 4. The van der Waals surface area contributed by atoms with E-state index >= 15 is 0 Å². The van der Waals surface area contributed by atoms with Crippen LogP contribution < -0.4 is 0 Å². The monoisotopic (exact) mass is 878 g/mol. The van der Waals surface area contributed by atoms with Crippen LogP contribution in [0.1, 0.15) is 173 Å². The smallest absolute Gasteiger partial charge is 0.338 e. The molecule has 8 atom stereocenters. The fraction of sp³-hybridized carbons (Fsp3) is 0.593. The lowest BCUT2D eigenvalue weighted by Crippen LogP contribution is -2.53. The van der Waals surface area contributed by atoms with E-state index in [-0.39, 0.29) is 72.2 Å². The lowest BCUT2D eigenvalue weighted by molar-refractivity contribution is -0.168. The Balaban J connectivity index is 0.841. The second kappa shape index (κ2) is 18.7. The van der Waals surface area contributed by atoms with Crippen molar-refractivity contribution in [3.8, 4) is 0 Å². The summed E-state index contributed by atoms with van der Waals surface area (Å²) in [5, 5.41) is 21.4. The van der Waals surface area contributed by atoms with Crippen LogP contribution in [0.15, 0.2) is 60.7 Å². The van der Waals surface area contributed by atoms with E-state index in [0.29, 0.717) is 24.7 Å². The maximum absolute atomic E-state index is 13.7. The molecule has 0 radical (unpaired) electrons. The minimum atomic E-state index is -1.22. The van der Waals surface area contributed by atoms with Gasteiger partial charge in [-0.2, -0.15) is 0 Å². The number of benzene rings is 3. The first-order chi connectivity index (χ1) is 30.3. The molecule has 8 unspecified atom stereocenters. The number of carbonyl (C=O) groups excluding carboxylic acids is 4. The molecule has 3 aromatic carbocycles. The highest BCUT2D eigenvalue weighted by Crippen LogP contribution is 2.59. The molecule has 0 saturated heterocycles. The number of aliphatic hydroxyl groups excluding tert-OH is 2. The zero-order valence-electron chi connectivity index (χ0n) is 39.3. The average Bonchev–Trinajstić information content (AvgIpc) is 3.27. The second-order valence-corrected chi connectivity index (χ2v) is 21.0. The standard InChI is InChI=1S/C54H70O10/c1-33(2)37-15-19-43-39(27-37)17-21-45-51(43,5)23-9-25-53(45,7)49(59)63-31-41(55)29-61-47(57)35-11-13-36(14-12-35)48(58)62-30-42(56)32-64-50(60)54(8)26-10-24-52(6)44-20-16-38(34(3)4)28-40(44)18-22-46(52)54/h11-16,19-20,27-28,33-34,41-42,45-46,55-56H,9-10,17-18,21-26,29-32H2,1-8H3. The van der Waals surface area contributed by atoms with Crippen LogP contribution in [0.4, 0.5) is 0 Å². The minimum absolute atomic E-state index is 0.102. The van der Waals surface area contributed by atoms with Crippen LogP contribution in [0.2, 0.25) is 0 Å². The minimum Gasteiger partial charge on any atom is -0.462 e. The van der Waals surface area contributed by atoms with Gasteiger partial charge in [0.25, 0.3) is 0 Å². The lowest BCUT2D eigenvalue weighted by Gasteiger charge is -2.54. The van der Waals surface area contributed by atoms with Crippen molar-refractivity contribution >= 4 is 23.9 Å². The third-order valence-electron chi connectivity index (χ3n) is 16.0. The van der Waals surface area contributed by atoms with Crippen LogP contribution in [-0.4, -0.2) is 72.7 Å². The zero-order valence-corrected chi connectivity index (χ0v) is 39.3. The third-order valence-corrected chi connectivity index (χ3v) is 16.0. The van der Waals surface area contributed by atoms with Gasteiger partial charge in [-0.25, -0.2) is 9.59 Å². The van der Waals surface area contributed by atoms with E-state index in [1.54, 1.807) is 0 Å². The molecule has 0 aliphatic heterocycles. The topological polar surface area (TPSA) is 146 Å². The molecule has 2 N–H and O–H groups in total. The van der Waals surface area contributed by atoms with E-state index in [1.165, 1.54) is 57.6 Å². The number of fused-ring (bicyclic) bond motifs is 6. The fourth-order valence-electron chi connectivity index (χ4n) is 12.3. The van der Waals surface area contributed by atoms with Crippen LogP contribution in [-0.2, 0) is 52.2 Å². The Morgan fingerprint density at radius 2 is 0.906 bits per heavy atom. The highest BCUT2D eigenvalue weighted by Gasteiger charge is 2.57. The van der Waals surface area contributed by atoms with Gasteiger partial charge in [0, 0.05) is 0 Å². The number of esters is 4. The van der Waals surface area contributed by atoms with Crippen molar-refractivity contribution in [1.82, 2.24) is 0 Å². The average molecular weight is 879 g/mol. The van der Waals surface area contributed by atoms with Crippen LogP contribution >= 0.6 is 0 Å². The normalized spacial score (nSPS) is 28.1. The van der Waals surface area contributed by atoms with E-state index in [4.69, 9.17) is 18.9 Å². The number of hydrogen-bond acceptors (Lipinski definition) is 10. The van der Waals surface area contributed by atoms with Gasteiger partial charge in [0.15, 0.2) is 0 Å². The molecule has 3 aromatic rings. The fourth-order valence-corrected chi connectivity index (χ4v) is 12.3. The molecular formula is C54H70O10. The molecule has 0 heterocycles. The molecule has 4 aliphatic carbocycles. The molecule has 0 bridgehead atoms. The van der Waals surface area contributed by atoms with Gasteiger partial charge in [0.05, 0.1) is 22.0 Å². The van der Waals surface area contributed by atoms with Gasteiger partial charge in [-0.3, -0.25) is 9.59 Å². The first-order valence-corrected chi connectivity index (χ1v) is 23.7. The number of hydrogen-bond donors (Lipinski definition) is 2. The van der Waals surface area contributed by atoms with Crippen molar-refractivity contribution in [1.29, 1.82) is 0 Å². The summed E-state index contributed by atoms with van der Waals surface area (Å²) in [5.74, 6) is -0.997. The molecule has 4 aliphatic rings. The molecular weight excluding hydrogens is 809 g/mol. The van der Waals surface area contributed by atoms with E-state index in [0.717, 1.165) is 51.4 Å². The van der Waals surface area contributed by atoms with Gasteiger partial charge in [-0.05, 0) is 157 Å². The number of aliphatic hydroxyl groups is 2. The summed E-state index contributed by atoms with van der Waals surface area (Å²) in [7, 11) is 0. The van der Waals surface area contributed by atoms with Crippen molar-refractivity contribution in [2.75, 3.05) is 26.4 Å². The number of rotatable bonds is 14. The summed E-state index contributed by atoms with van der Waals surface area (Å²) in [6.45, 7) is 16.0. The van der Waals surface area contributed by atoms with Gasteiger partial charge >= 0.3 is 23.9 Å². The quantitative estimate of drug-likeness (QED) is 0.119. The Kier molecular flexibility index (Phi) is 13.9. The van der Waals surface area contributed by atoms with Crippen LogP contribution in [0.25, 0.3) is 0 Å². The molecule has 10 heteroatoms. The second-order valence-electron chi connectivity index (χ2n) is 21.0. The predicted octanol–water partition coefficient (Wildman–Crippen LogP) is 9.48. The van der Waals surface area contributed by atoms with Crippen LogP contribution in [0, 0.1) is 22.7 Å². The van der Waals surface area contributed by atoms with Crippen molar-refractivity contribution < 1.29 is 48.3 Å². The SMILES string of the molecule is CC(C)c1ccc2c(c1)CCC1C(C)(C(=O)OCC(O)COC(=O)c3ccc(C(=O)OCC(O)COC(=O)C4(C)CCCC5(C)c6ccc(C(C)C)cc6CCC45)cc3)CCCC21C. The summed E-state index contributed by atoms with van der Waals surface area (Å²) in [6.07, 6.45) is 6.41. The van der Waals surface area contributed by atoms with Gasteiger partial charge in [-0.1, -0.05) is 90.8 Å². The van der Waals surface area contributed by atoms with Gasteiger partial charge in [-0.15, -0.1) is 0 Å². The molecule has 10 nitrogen and oxygen atoms in total. The van der Waals surface area contributed by atoms with Crippen molar-refractivity contribution in [2.45, 2.75) is 154 Å². The zero-order chi connectivity index (χ0) is 46.2. The first-order valence-electron chi connectivity index (χ1n) is 23.7. The van der Waals surface area contributed by atoms with E-state index in [2.05, 4.69) is 77.9 Å². The van der Waals surface area contributed by atoms with Crippen molar-refractivity contribution in [3.05, 3.63) is 105 Å². The molecule has 0 aromatic heterocycles. The molecule has 0 spiro atoms. The highest BCUT2D eigenvalue weighted by atomic mass is 16.6. The summed E-state index contributed by atoms with van der Waals surface area (Å²) >= 11 is 0. The first kappa shape index (κ1) is 47.4. The molecule has 346 valence electrons. The van der Waals surface area contributed by atoms with E-state index < -0.39 is 35.0 Å². The summed E-state index contributed by atoms with van der Waals surface area (Å²) in [4.78, 5) is 53.2. The Hall–Kier alpha value is -4.54. The Labute approximate surface area is 379 Å². The van der Waals surface area contributed by atoms with E-state index in [9.17, 15) is 29.4 Å². The largest absolute Gasteiger partial charge is 0.462 e. The maximum atomic E-state index is 13.7. The predicted molar refractivity (Wildman–Crippen MR) is 244 cm³/mol. The number of ether oxygens (including phenoxy) is 4. The van der Waals surface area contributed by atoms with Gasteiger partial charge in [0.1, 0.15) is 38.6 Å². The van der Waals surface area contributed by atoms with Crippen LogP contribution in [0.3, 0.4) is 0 Å². The van der Waals surface area contributed by atoms with Crippen LogP contribution in [0.5, 0.6) is 0 Å². The Morgan fingerprint density at radius 3 is 1.27 bits per heavy atom. The molecule has 0 amide bonds. The van der Waals surface area contributed by atoms with E-state index in [1.807, 2.05) is 13.8 Å².